The third kappa shape index (κ3) is 1.71. The second-order valence-corrected chi connectivity index (χ2v) is 4.19. The zero-order valence-electron chi connectivity index (χ0n) is 9.91. The van der Waals surface area contributed by atoms with Crippen LogP contribution in [-0.2, 0) is 6.61 Å². The number of benzene rings is 1. The third-order valence-electron chi connectivity index (χ3n) is 3.04. The van der Waals surface area contributed by atoms with E-state index in [9.17, 15) is 9.59 Å². The first-order chi connectivity index (χ1) is 9.22. The second kappa shape index (κ2) is 4.29. The number of aromatic nitrogens is 1. The van der Waals surface area contributed by atoms with Crippen molar-refractivity contribution in [2.75, 3.05) is 4.90 Å². The van der Waals surface area contributed by atoms with Crippen molar-refractivity contribution >= 4 is 17.5 Å². The summed E-state index contributed by atoms with van der Waals surface area (Å²) in [6.45, 7) is -0.140. The molecule has 1 N–H and O–H groups in total. The van der Waals surface area contributed by atoms with Gasteiger partial charge in [-0.3, -0.25) is 14.6 Å². The van der Waals surface area contributed by atoms with Gasteiger partial charge in [0.25, 0.3) is 11.8 Å². The molecule has 1 aromatic heterocycles. The molecular formula is C14H10N2O3. The Balaban J connectivity index is 2.08. The lowest BCUT2D eigenvalue weighted by molar-refractivity contribution is 0.0926. The lowest BCUT2D eigenvalue weighted by Crippen LogP contribution is -2.29. The van der Waals surface area contributed by atoms with E-state index >= 15 is 0 Å². The molecule has 0 atom stereocenters. The van der Waals surface area contributed by atoms with Crippen LogP contribution in [0.4, 0.5) is 5.69 Å². The number of rotatable bonds is 2. The predicted molar refractivity (Wildman–Crippen MR) is 67.7 cm³/mol. The van der Waals surface area contributed by atoms with Crippen LogP contribution in [0.2, 0.25) is 0 Å². The van der Waals surface area contributed by atoms with Crippen molar-refractivity contribution in [1.29, 1.82) is 0 Å². The minimum atomic E-state index is -0.386. The lowest BCUT2D eigenvalue weighted by atomic mass is 10.2. The van der Waals surface area contributed by atoms with E-state index in [0.29, 0.717) is 22.4 Å². The molecule has 0 fully saturated rings. The first-order valence-electron chi connectivity index (χ1n) is 5.75. The Morgan fingerprint density at radius 3 is 2.63 bits per heavy atom. The Labute approximate surface area is 109 Å². The lowest BCUT2D eigenvalue weighted by Gasteiger charge is -2.14. The maximum absolute atomic E-state index is 12.2. The average molecular weight is 254 g/mol. The number of aliphatic hydroxyl groups is 1. The van der Waals surface area contributed by atoms with Gasteiger partial charge in [-0.25, -0.2) is 4.90 Å². The summed E-state index contributed by atoms with van der Waals surface area (Å²) in [5.41, 5.74) is 1.77. The average Bonchev–Trinajstić information content (AvgIpc) is 2.72. The first kappa shape index (κ1) is 11.6. The Morgan fingerprint density at radius 2 is 1.89 bits per heavy atom. The molecule has 3 rings (SSSR count). The number of pyridine rings is 1. The second-order valence-electron chi connectivity index (χ2n) is 4.19. The summed E-state index contributed by atoms with van der Waals surface area (Å²) < 4.78 is 0. The number of aliphatic hydroxyl groups excluding tert-OH is 1. The van der Waals surface area contributed by atoms with Gasteiger partial charge in [0.2, 0.25) is 0 Å². The van der Waals surface area contributed by atoms with E-state index in [1.54, 1.807) is 24.3 Å². The number of amides is 2. The van der Waals surface area contributed by atoms with Crippen LogP contribution in [0, 0.1) is 0 Å². The standard InChI is InChI=1S/C14H10N2O3/c17-8-9-2-1-3-10(6-9)16-13(18)11-4-5-15-7-12(11)14(16)19/h1-7,17H,8H2. The highest BCUT2D eigenvalue weighted by atomic mass is 16.3. The van der Waals surface area contributed by atoms with Crippen LogP contribution in [0.3, 0.4) is 0 Å². The Kier molecular flexibility index (Phi) is 2.61. The van der Waals surface area contributed by atoms with Gasteiger partial charge in [-0.1, -0.05) is 12.1 Å². The van der Waals surface area contributed by atoms with Gasteiger partial charge < -0.3 is 5.11 Å². The van der Waals surface area contributed by atoms with E-state index in [1.165, 1.54) is 18.5 Å². The number of carbonyl (C=O) groups excluding carboxylic acids is 2. The van der Waals surface area contributed by atoms with Crippen LogP contribution in [0.1, 0.15) is 26.3 Å². The fourth-order valence-electron chi connectivity index (χ4n) is 2.11. The molecule has 0 saturated heterocycles. The number of hydrogen-bond donors (Lipinski definition) is 1. The smallest absolute Gasteiger partial charge is 0.267 e. The summed E-state index contributed by atoms with van der Waals surface area (Å²) in [7, 11) is 0. The molecule has 0 unspecified atom stereocenters. The van der Waals surface area contributed by atoms with Crippen molar-refractivity contribution in [3.8, 4) is 0 Å². The number of carbonyl (C=O) groups is 2. The predicted octanol–water partition coefficient (Wildman–Crippen LogP) is 1.37. The highest BCUT2D eigenvalue weighted by Crippen LogP contribution is 2.28. The quantitative estimate of drug-likeness (QED) is 0.822. The van der Waals surface area contributed by atoms with Crippen molar-refractivity contribution < 1.29 is 14.7 Å². The van der Waals surface area contributed by atoms with E-state index in [1.807, 2.05) is 0 Å². The Morgan fingerprint density at radius 1 is 1.11 bits per heavy atom. The van der Waals surface area contributed by atoms with Gasteiger partial charge in [-0.15, -0.1) is 0 Å². The van der Waals surface area contributed by atoms with Crippen LogP contribution in [-0.4, -0.2) is 21.9 Å². The zero-order chi connectivity index (χ0) is 13.4. The summed E-state index contributed by atoms with van der Waals surface area (Å²) in [4.78, 5) is 29.4. The van der Waals surface area contributed by atoms with Crippen LogP contribution in [0.15, 0.2) is 42.7 Å². The molecule has 2 heterocycles. The molecule has 94 valence electrons. The number of hydrogen-bond acceptors (Lipinski definition) is 4. The Hall–Kier alpha value is -2.53. The van der Waals surface area contributed by atoms with Crippen molar-refractivity contribution in [3.05, 3.63) is 59.4 Å². The van der Waals surface area contributed by atoms with Gasteiger partial charge in [-0.2, -0.15) is 0 Å². The molecule has 0 bridgehead atoms. The SMILES string of the molecule is O=C1c2ccncc2C(=O)N1c1cccc(CO)c1. The first-order valence-corrected chi connectivity index (χ1v) is 5.75. The van der Waals surface area contributed by atoms with Crippen molar-refractivity contribution in [2.45, 2.75) is 6.61 Å². The molecule has 1 aromatic carbocycles. The van der Waals surface area contributed by atoms with Gasteiger partial charge in [0.05, 0.1) is 23.4 Å². The molecule has 0 spiro atoms. The van der Waals surface area contributed by atoms with E-state index in [0.717, 1.165) is 4.90 Å². The molecule has 0 saturated carbocycles. The summed E-state index contributed by atoms with van der Waals surface area (Å²) in [6.07, 6.45) is 2.88. The highest BCUT2D eigenvalue weighted by molar-refractivity contribution is 6.34. The van der Waals surface area contributed by atoms with Crippen LogP contribution < -0.4 is 4.90 Å². The van der Waals surface area contributed by atoms with E-state index in [2.05, 4.69) is 4.98 Å². The van der Waals surface area contributed by atoms with Crippen LogP contribution >= 0.6 is 0 Å². The fourth-order valence-corrected chi connectivity index (χ4v) is 2.11. The van der Waals surface area contributed by atoms with Crippen LogP contribution in [0.25, 0.3) is 0 Å². The number of imide groups is 1. The van der Waals surface area contributed by atoms with Gasteiger partial charge in [0, 0.05) is 12.4 Å². The summed E-state index contributed by atoms with van der Waals surface area (Å²) in [5.74, 6) is -0.749. The maximum atomic E-state index is 12.2. The molecular weight excluding hydrogens is 244 g/mol. The topological polar surface area (TPSA) is 70.5 Å². The molecule has 5 nitrogen and oxygen atoms in total. The van der Waals surface area contributed by atoms with E-state index in [-0.39, 0.29) is 18.4 Å². The highest BCUT2D eigenvalue weighted by Gasteiger charge is 2.36. The van der Waals surface area contributed by atoms with Crippen molar-refractivity contribution in [3.63, 3.8) is 0 Å². The maximum Gasteiger partial charge on any atom is 0.267 e. The number of nitrogens with zero attached hydrogens (tertiary/aromatic N) is 2. The molecule has 2 aromatic rings. The summed E-state index contributed by atoms with van der Waals surface area (Å²) in [5, 5.41) is 9.11. The summed E-state index contributed by atoms with van der Waals surface area (Å²) >= 11 is 0. The minimum Gasteiger partial charge on any atom is -0.392 e. The fraction of sp³-hybridized carbons (Fsp3) is 0.0714. The molecule has 5 heteroatoms. The number of anilines is 1. The zero-order valence-corrected chi connectivity index (χ0v) is 9.91. The molecule has 1 aliphatic heterocycles. The molecule has 0 aliphatic carbocycles. The van der Waals surface area contributed by atoms with E-state index < -0.39 is 0 Å². The minimum absolute atomic E-state index is 0.140. The van der Waals surface area contributed by atoms with E-state index in [4.69, 9.17) is 5.11 Å². The molecule has 2 amide bonds. The monoisotopic (exact) mass is 254 g/mol. The normalized spacial score (nSPS) is 13.8. The largest absolute Gasteiger partial charge is 0.392 e. The van der Waals surface area contributed by atoms with Gasteiger partial charge >= 0.3 is 0 Å². The van der Waals surface area contributed by atoms with Gasteiger partial charge in [0.1, 0.15) is 0 Å². The molecule has 0 radical (unpaired) electrons. The third-order valence-corrected chi connectivity index (χ3v) is 3.04. The van der Waals surface area contributed by atoms with Crippen LogP contribution in [0.5, 0.6) is 0 Å². The Bertz CT molecular complexity index is 647. The molecule has 1 aliphatic rings. The van der Waals surface area contributed by atoms with Gasteiger partial charge in [0.15, 0.2) is 0 Å². The van der Waals surface area contributed by atoms with Crippen molar-refractivity contribution in [2.24, 2.45) is 0 Å². The van der Waals surface area contributed by atoms with Crippen molar-refractivity contribution in [1.82, 2.24) is 4.98 Å². The number of fused-ring (bicyclic) bond motifs is 1. The molecule has 19 heavy (non-hydrogen) atoms. The summed E-state index contributed by atoms with van der Waals surface area (Å²) in [6, 6.07) is 8.24. The van der Waals surface area contributed by atoms with Gasteiger partial charge in [-0.05, 0) is 23.8 Å².